The smallest absolute Gasteiger partial charge is 0.270 e. The van der Waals surface area contributed by atoms with Crippen LogP contribution in [0.2, 0.25) is 0 Å². The summed E-state index contributed by atoms with van der Waals surface area (Å²) in [6.07, 6.45) is 0.709. The molecule has 2 amide bonds. The van der Waals surface area contributed by atoms with E-state index in [0.717, 1.165) is 11.3 Å². The second-order valence-electron chi connectivity index (χ2n) is 5.44. The quantitative estimate of drug-likeness (QED) is 0.828. The number of carbonyl (C=O) groups is 2. The number of rotatable bonds is 2. The Balaban J connectivity index is 1.86. The second-order valence-corrected chi connectivity index (χ2v) is 5.44. The van der Waals surface area contributed by atoms with Crippen molar-refractivity contribution in [2.45, 2.75) is 19.8 Å². The molecule has 3 rings (SSSR count). The van der Waals surface area contributed by atoms with Gasteiger partial charge in [0.05, 0.1) is 18.9 Å². The van der Waals surface area contributed by atoms with Crippen molar-refractivity contribution in [3.63, 3.8) is 0 Å². The van der Waals surface area contributed by atoms with Crippen molar-refractivity contribution in [3.05, 3.63) is 29.8 Å². The molecule has 0 saturated carbocycles. The van der Waals surface area contributed by atoms with Gasteiger partial charge in [0, 0.05) is 25.9 Å². The van der Waals surface area contributed by atoms with Crippen molar-refractivity contribution in [2.24, 2.45) is 5.10 Å². The fourth-order valence-corrected chi connectivity index (χ4v) is 2.65. The van der Waals surface area contributed by atoms with Crippen LogP contribution >= 0.6 is 0 Å². The molecule has 6 heteroatoms. The van der Waals surface area contributed by atoms with Gasteiger partial charge in [-0.1, -0.05) is 18.2 Å². The Morgan fingerprint density at radius 3 is 2.64 bits per heavy atom. The van der Waals surface area contributed by atoms with Gasteiger partial charge in [0.25, 0.3) is 5.91 Å². The third kappa shape index (κ3) is 2.87. The van der Waals surface area contributed by atoms with E-state index in [0.29, 0.717) is 44.9 Å². The average molecular weight is 301 g/mol. The number of aryl methyl sites for hydroxylation is 1. The molecular formula is C16H19N3O3. The fourth-order valence-electron chi connectivity index (χ4n) is 2.65. The Bertz CT molecular complexity index is 621. The van der Waals surface area contributed by atoms with Crippen LogP contribution in [0.15, 0.2) is 29.4 Å². The molecule has 1 aromatic rings. The van der Waals surface area contributed by atoms with Crippen molar-refractivity contribution < 1.29 is 14.3 Å². The normalized spacial score (nSPS) is 19.1. The maximum absolute atomic E-state index is 12.5. The van der Waals surface area contributed by atoms with E-state index in [4.69, 9.17) is 4.74 Å². The first-order chi connectivity index (χ1) is 10.7. The number of morpholine rings is 1. The summed E-state index contributed by atoms with van der Waals surface area (Å²) >= 11 is 0. The van der Waals surface area contributed by atoms with Crippen LogP contribution in [0, 0.1) is 6.92 Å². The minimum absolute atomic E-state index is 0.0761. The highest BCUT2D eigenvalue weighted by Gasteiger charge is 2.29. The maximum Gasteiger partial charge on any atom is 0.270 e. The molecule has 2 heterocycles. The minimum atomic E-state index is -0.0885. The number of hydrazone groups is 1. The van der Waals surface area contributed by atoms with E-state index in [1.54, 1.807) is 4.90 Å². The molecule has 0 radical (unpaired) electrons. The average Bonchev–Trinajstić information content (AvgIpc) is 2.56. The lowest BCUT2D eigenvalue weighted by molar-refractivity contribution is -0.128. The van der Waals surface area contributed by atoms with Crippen LogP contribution in [-0.4, -0.2) is 48.7 Å². The van der Waals surface area contributed by atoms with E-state index in [1.165, 1.54) is 5.01 Å². The molecule has 0 atom stereocenters. The number of hydrogen-bond donors (Lipinski definition) is 0. The van der Waals surface area contributed by atoms with Gasteiger partial charge < -0.3 is 9.64 Å². The van der Waals surface area contributed by atoms with Crippen LogP contribution in [0.5, 0.6) is 0 Å². The highest BCUT2D eigenvalue weighted by Crippen LogP contribution is 2.24. The van der Waals surface area contributed by atoms with Gasteiger partial charge in [-0.15, -0.1) is 0 Å². The molecule has 0 unspecified atom stereocenters. The third-order valence-electron chi connectivity index (χ3n) is 3.92. The van der Waals surface area contributed by atoms with E-state index in [1.807, 2.05) is 31.2 Å². The summed E-state index contributed by atoms with van der Waals surface area (Å²) in [5.74, 6) is -0.165. The molecule has 6 nitrogen and oxygen atoms in total. The predicted octanol–water partition coefficient (Wildman–Crippen LogP) is 1.34. The van der Waals surface area contributed by atoms with Gasteiger partial charge in [-0.05, 0) is 18.6 Å². The lowest BCUT2D eigenvalue weighted by Crippen LogP contribution is -2.46. The van der Waals surface area contributed by atoms with Gasteiger partial charge in [-0.25, -0.2) is 5.01 Å². The Labute approximate surface area is 129 Å². The van der Waals surface area contributed by atoms with Gasteiger partial charge in [-0.3, -0.25) is 9.59 Å². The predicted molar refractivity (Wildman–Crippen MR) is 82.7 cm³/mol. The number of hydrogen-bond acceptors (Lipinski definition) is 4. The Kier molecular flexibility index (Phi) is 4.20. The molecule has 1 fully saturated rings. The Hall–Kier alpha value is -2.21. The van der Waals surface area contributed by atoms with Crippen LogP contribution in [-0.2, 0) is 14.3 Å². The zero-order chi connectivity index (χ0) is 15.5. The Morgan fingerprint density at radius 2 is 1.91 bits per heavy atom. The number of carbonyl (C=O) groups excluding carboxylic acids is 2. The molecule has 116 valence electrons. The highest BCUT2D eigenvalue weighted by molar-refractivity contribution is 6.40. The molecule has 0 aromatic heterocycles. The third-order valence-corrected chi connectivity index (χ3v) is 3.92. The van der Waals surface area contributed by atoms with E-state index >= 15 is 0 Å². The second kappa shape index (κ2) is 6.27. The number of amides is 2. The molecule has 0 N–H and O–H groups in total. The first kappa shape index (κ1) is 14.7. The lowest BCUT2D eigenvalue weighted by atomic mass is 10.1. The number of para-hydroxylation sites is 1. The minimum Gasteiger partial charge on any atom is -0.378 e. The molecule has 2 aliphatic heterocycles. The van der Waals surface area contributed by atoms with Crippen LogP contribution in [0.1, 0.15) is 18.4 Å². The molecule has 1 saturated heterocycles. The zero-order valence-electron chi connectivity index (χ0n) is 12.6. The molecule has 0 bridgehead atoms. The van der Waals surface area contributed by atoms with Gasteiger partial charge in [0.2, 0.25) is 5.91 Å². The number of anilines is 1. The van der Waals surface area contributed by atoms with Gasteiger partial charge in [0.15, 0.2) is 0 Å². The van der Waals surface area contributed by atoms with Crippen molar-refractivity contribution in [2.75, 3.05) is 31.3 Å². The summed E-state index contributed by atoms with van der Waals surface area (Å²) in [7, 11) is 0. The topological polar surface area (TPSA) is 62.2 Å². The fraction of sp³-hybridized carbons (Fsp3) is 0.438. The molecule has 0 spiro atoms. The molecule has 2 aliphatic rings. The van der Waals surface area contributed by atoms with E-state index in [2.05, 4.69) is 5.10 Å². The summed E-state index contributed by atoms with van der Waals surface area (Å²) in [6, 6.07) is 7.55. The van der Waals surface area contributed by atoms with Crippen molar-refractivity contribution >= 4 is 23.2 Å². The number of benzene rings is 1. The molecule has 0 aliphatic carbocycles. The van der Waals surface area contributed by atoms with Crippen LogP contribution in [0.4, 0.5) is 5.69 Å². The summed E-state index contributed by atoms with van der Waals surface area (Å²) in [5.41, 5.74) is 2.14. The first-order valence-corrected chi connectivity index (χ1v) is 7.50. The van der Waals surface area contributed by atoms with Gasteiger partial charge in [-0.2, -0.15) is 5.10 Å². The molecular weight excluding hydrogens is 282 g/mol. The first-order valence-electron chi connectivity index (χ1n) is 7.50. The van der Waals surface area contributed by atoms with E-state index in [9.17, 15) is 9.59 Å². The summed E-state index contributed by atoms with van der Waals surface area (Å²) in [5, 5.41) is 5.71. The van der Waals surface area contributed by atoms with E-state index in [-0.39, 0.29) is 11.8 Å². The highest BCUT2D eigenvalue weighted by atomic mass is 16.5. The SMILES string of the molecule is Cc1ccccc1N1N=C(C(=O)N2CCOCC2)CCC1=O. The standard InChI is InChI=1S/C16H19N3O3/c1-12-4-2-3-5-14(12)19-15(20)7-6-13(17-19)16(21)18-8-10-22-11-9-18/h2-5H,6-11H2,1H3. The van der Waals surface area contributed by atoms with Crippen molar-refractivity contribution in [1.29, 1.82) is 0 Å². The Morgan fingerprint density at radius 1 is 1.18 bits per heavy atom. The van der Waals surface area contributed by atoms with Gasteiger partial charge in [0.1, 0.15) is 5.71 Å². The molecule has 1 aromatic carbocycles. The molecule has 22 heavy (non-hydrogen) atoms. The van der Waals surface area contributed by atoms with Crippen molar-refractivity contribution in [3.8, 4) is 0 Å². The summed E-state index contributed by atoms with van der Waals surface area (Å²) < 4.78 is 5.26. The number of ether oxygens (including phenoxy) is 1. The van der Waals surface area contributed by atoms with Gasteiger partial charge >= 0.3 is 0 Å². The largest absolute Gasteiger partial charge is 0.378 e. The zero-order valence-corrected chi connectivity index (χ0v) is 12.6. The van der Waals surface area contributed by atoms with E-state index < -0.39 is 0 Å². The van der Waals surface area contributed by atoms with Crippen LogP contribution < -0.4 is 5.01 Å². The van der Waals surface area contributed by atoms with Crippen molar-refractivity contribution in [1.82, 2.24) is 4.90 Å². The maximum atomic E-state index is 12.5. The van der Waals surface area contributed by atoms with Crippen LogP contribution in [0.25, 0.3) is 0 Å². The summed E-state index contributed by atoms with van der Waals surface area (Å²) in [4.78, 5) is 26.4. The summed E-state index contributed by atoms with van der Waals surface area (Å²) in [6.45, 7) is 4.20. The van der Waals surface area contributed by atoms with Crippen LogP contribution in [0.3, 0.4) is 0 Å². The number of nitrogens with zero attached hydrogens (tertiary/aromatic N) is 3. The lowest BCUT2D eigenvalue weighted by Gasteiger charge is -2.30. The monoisotopic (exact) mass is 301 g/mol.